The molecule has 3 aromatic rings. The normalized spacial score (nSPS) is 26.6. The molecule has 11 nitrogen and oxygen atoms in total. The van der Waals surface area contributed by atoms with Gasteiger partial charge in [0.2, 0.25) is 23.6 Å². The lowest BCUT2D eigenvalue weighted by Gasteiger charge is -2.44. The Morgan fingerprint density at radius 3 is 1.72 bits per heavy atom. The van der Waals surface area contributed by atoms with Crippen molar-refractivity contribution in [3.8, 4) is 5.75 Å². The standard InChI is InChI=1S/C36H30N2O9/c1-16-11-20(12-17(2)30(16)39)27-23-9-10-24-28(33(42)37(31(24)40)21-7-3-5-18(13-21)35(44)45)25(23)15-26-29(27)34(43)38(32(26)41)22-8-4-6-19(14-22)36(46)47/h3-9,11-14,24-29,39H,10,15H2,1-2H3,(H,44,45)(H,46,47)/t24-,25+,26+,27-,28-,29+/m0/s1. The van der Waals surface area contributed by atoms with Gasteiger partial charge in [-0.1, -0.05) is 35.9 Å². The molecule has 0 aromatic heterocycles. The van der Waals surface area contributed by atoms with Crippen molar-refractivity contribution in [3.63, 3.8) is 0 Å². The van der Waals surface area contributed by atoms with Crippen molar-refractivity contribution in [2.75, 3.05) is 9.80 Å². The number of aryl methyl sites for hydroxylation is 2. The molecule has 2 heterocycles. The van der Waals surface area contributed by atoms with Crippen LogP contribution in [0, 0.1) is 43.4 Å². The number of carbonyl (C=O) groups is 6. The number of phenols is 1. The molecule has 0 spiro atoms. The number of aromatic hydroxyl groups is 1. The fourth-order valence-corrected chi connectivity index (χ4v) is 8.20. The average Bonchev–Trinajstić information content (AvgIpc) is 3.45. The Hall–Kier alpha value is -5.58. The van der Waals surface area contributed by atoms with Crippen LogP contribution in [0.15, 0.2) is 72.3 Å². The second kappa shape index (κ2) is 10.8. The van der Waals surface area contributed by atoms with Crippen LogP contribution in [0.1, 0.15) is 56.2 Å². The van der Waals surface area contributed by atoms with Gasteiger partial charge in [-0.25, -0.2) is 9.59 Å². The monoisotopic (exact) mass is 634 g/mol. The molecule has 11 heteroatoms. The first-order chi connectivity index (χ1) is 22.4. The maximum absolute atomic E-state index is 14.3. The number of hydrogen-bond donors (Lipinski definition) is 3. The molecule has 0 radical (unpaired) electrons. The predicted octanol–water partition coefficient (Wildman–Crippen LogP) is 4.45. The van der Waals surface area contributed by atoms with Gasteiger partial charge in [-0.05, 0) is 85.7 Å². The van der Waals surface area contributed by atoms with Crippen molar-refractivity contribution in [2.24, 2.45) is 29.6 Å². The summed E-state index contributed by atoms with van der Waals surface area (Å²) in [6.45, 7) is 3.48. The molecule has 3 N–H and O–H groups in total. The van der Waals surface area contributed by atoms with Gasteiger partial charge in [0.1, 0.15) is 5.75 Å². The summed E-state index contributed by atoms with van der Waals surface area (Å²) in [4.78, 5) is 81.9. The lowest BCUT2D eigenvalue weighted by molar-refractivity contribution is -0.126. The number of imide groups is 2. The Morgan fingerprint density at radius 2 is 1.19 bits per heavy atom. The predicted molar refractivity (Wildman–Crippen MR) is 167 cm³/mol. The van der Waals surface area contributed by atoms with Crippen LogP contribution >= 0.6 is 0 Å². The highest BCUT2D eigenvalue weighted by atomic mass is 16.4. The van der Waals surface area contributed by atoms with E-state index in [2.05, 4.69) is 0 Å². The quantitative estimate of drug-likeness (QED) is 0.271. The summed E-state index contributed by atoms with van der Waals surface area (Å²) in [5, 5.41) is 29.6. The zero-order valence-electron chi connectivity index (χ0n) is 25.4. The molecule has 4 aliphatic rings. The molecule has 6 atom stereocenters. The number of aromatic carboxylic acids is 2. The van der Waals surface area contributed by atoms with Gasteiger partial charge in [0, 0.05) is 5.92 Å². The van der Waals surface area contributed by atoms with Gasteiger partial charge < -0.3 is 15.3 Å². The Kier molecular flexibility index (Phi) is 6.89. The fraction of sp³-hybridized carbons (Fsp3) is 0.278. The number of nitrogens with zero attached hydrogens (tertiary/aromatic N) is 2. The van der Waals surface area contributed by atoms with Crippen molar-refractivity contribution in [2.45, 2.75) is 32.6 Å². The highest BCUT2D eigenvalue weighted by Crippen LogP contribution is 2.58. The molecule has 3 fully saturated rings. The number of amides is 4. The maximum Gasteiger partial charge on any atom is 0.335 e. The average molecular weight is 635 g/mol. The SMILES string of the molecule is Cc1cc([C@H]2C3=CC[C@@H]4C(=O)N(c5cccc(C(=O)O)c5)C(=O)[C@@H]4[C@@H]3C[C@H]3C(=O)N(c4cccc(C(=O)O)c4)C(=O)[C@@H]23)cc(C)c1O. The van der Waals surface area contributed by atoms with E-state index in [0.717, 1.165) is 15.4 Å². The molecule has 2 aliphatic carbocycles. The molecule has 47 heavy (non-hydrogen) atoms. The molecular formula is C36H30N2O9. The van der Waals surface area contributed by atoms with E-state index in [9.17, 15) is 44.1 Å². The molecular weight excluding hydrogens is 604 g/mol. The zero-order chi connectivity index (χ0) is 33.5. The van der Waals surface area contributed by atoms with Crippen LogP contribution in [-0.2, 0) is 19.2 Å². The molecule has 0 unspecified atom stereocenters. The summed E-state index contributed by atoms with van der Waals surface area (Å²) in [6.07, 6.45) is 2.23. The third kappa shape index (κ3) is 4.48. The van der Waals surface area contributed by atoms with Crippen LogP contribution in [0.2, 0.25) is 0 Å². The lowest BCUT2D eigenvalue weighted by atomic mass is 9.57. The van der Waals surface area contributed by atoms with Crippen LogP contribution in [0.5, 0.6) is 5.75 Å². The molecule has 3 aromatic carbocycles. The number of anilines is 2. The highest BCUT2D eigenvalue weighted by Gasteiger charge is 2.62. The number of benzene rings is 3. The second-order valence-electron chi connectivity index (χ2n) is 12.8. The van der Waals surface area contributed by atoms with Gasteiger partial charge in [0.15, 0.2) is 0 Å². The molecule has 2 saturated heterocycles. The number of hydrogen-bond acceptors (Lipinski definition) is 7. The van der Waals surface area contributed by atoms with E-state index in [4.69, 9.17) is 0 Å². The van der Waals surface area contributed by atoms with Crippen molar-refractivity contribution in [1.29, 1.82) is 0 Å². The number of rotatable bonds is 5. The van der Waals surface area contributed by atoms with Gasteiger partial charge in [-0.2, -0.15) is 0 Å². The first-order valence-electron chi connectivity index (χ1n) is 15.3. The third-order valence-corrected chi connectivity index (χ3v) is 10.2. The molecule has 1 saturated carbocycles. The summed E-state index contributed by atoms with van der Waals surface area (Å²) in [5.41, 5.74) is 2.74. The Bertz CT molecular complexity index is 1960. The summed E-state index contributed by atoms with van der Waals surface area (Å²) < 4.78 is 0. The van der Waals surface area contributed by atoms with Crippen molar-refractivity contribution in [1.82, 2.24) is 0 Å². The van der Waals surface area contributed by atoms with Gasteiger partial charge >= 0.3 is 11.9 Å². The van der Waals surface area contributed by atoms with Crippen LogP contribution in [0.25, 0.3) is 0 Å². The maximum atomic E-state index is 14.3. The van der Waals surface area contributed by atoms with E-state index in [-0.39, 0.29) is 41.1 Å². The Balaban J connectivity index is 1.34. The second-order valence-corrected chi connectivity index (χ2v) is 12.8. The van der Waals surface area contributed by atoms with Crippen LogP contribution < -0.4 is 9.80 Å². The number of fused-ring (bicyclic) bond motifs is 4. The Labute approximate surface area is 268 Å². The molecule has 2 aliphatic heterocycles. The van der Waals surface area contributed by atoms with E-state index in [1.807, 2.05) is 6.08 Å². The van der Waals surface area contributed by atoms with Gasteiger partial charge in [-0.15, -0.1) is 0 Å². The molecule has 238 valence electrons. The Morgan fingerprint density at radius 1 is 0.681 bits per heavy atom. The van der Waals surface area contributed by atoms with Crippen molar-refractivity contribution >= 4 is 46.9 Å². The summed E-state index contributed by atoms with van der Waals surface area (Å²) in [7, 11) is 0. The van der Waals surface area contributed by atoms with Gasteiger partial charge in [-0.3, -0.25) is 29.0 Å². The number of carboxylic acids is 2. The van der Waals surface area contributed by atoms with E-state index >= 15 is 0 Å². The summed E-state index contributed by atoms with van der Waals surface area (Å²) in [5.74, 6) is -8.80. The summed E-state index contributed by atoms with van der Waals surface area (Å²) in [6, 6.07) is 14.8. The first kappa shape index (κ1) is 30.1. The number of carbonyl (C=O) groups excluding carboxylic acids is 4. The van der Waals surface area contributed by atoms with Gasteiger partial charge in [0.25, 0.3) is 0 Å². The minimum absolute atomic E-state index is 0.0717. The molecule has 7 rings (SSSR count). The highest BCUT2D eigenvalue weighted by molar-refractivity contribution is 6.24. The smallest absolute Gasteiger partial charge is 0.335 e. The topological polar surface area (TPSA) is 170 Å². The fourth-order valence-electron chi connectivity index (χ4n) is 8.20. The lowest BCUT2D eigenvalue weighted by Crippen LogP contribution is -2.43. The van der Waals surface area contributed by atoms with E-state index in [0.29, 0.717) is 16.7 Å². The first-order valence-corrected chi connectivity index (χ1v) is 15.3. The number of carboxylic acid groups (broad SMARTS) is 2. The van der Waals surface area contributed by atoms with Crippen LogP contribution in [-0.4, -0.2) is 50.9 Å². The van der Waals surface area contributed by atoms with Crippen LogP contribution in [0.4, 0.5) is 11.4 Å². The van der Waals surface area contributed by atoms with Crippen molar-refractivity contribution < 1.29 is 44.1 Å². The largest absolute Gasteiger partial charge is 0.507 e. The molecule has 0 bridgehead atoms. The van der Waals surface area contributed by atoms with Crippen molar-refractivity contribution in [3.05, 3.63) is 100 Å². The summed E-state index contributed by atoms with van der Waals surface area (Å²) >= 11 is 0. The minimum Gasteiger partial charge on any atom is -0.507 e. The number of allylic oxidation sites excluding steroid dienone is 2. The van der Waals surface area contributed by atoms with E-state index in [1.54, 1.807) is 26.0 Å². The van der Waals surface area contributed by atoms with E-state index < -0.39 is 71.1 Å². The van der Waals surface area contributed by atoms with E-state index in [1.165, 1.54) is 48.5 Å². The third-order valence-electron chi connectivity index (χ3n) is 10.2. The minimum atomic E-state index is -1.21. The van der Waals surface area contributed by atoms with Gasteiger partial charge in [0.05, 0.1) is 46.2 Å². The zero-order valence-corrected chi connectivity index (χ0v) is 25.4. The molecule has 4 amide bonds. The number of phenolic OH excluding ortho intramolecular Hbond substituents is 1. The van der Waals surface area contributed by atoms with Crippen LogP contribution in [0.3, 0.4) is 0 Å².